The summed E-state index contributed by atoms with van der Waals surface area (Å²) in [4.78, 5) is 51.8. The predicted molar refractivity (Wildman–Crippen MR) is 126 cm³/mol. The van der Waals surface area contributed by atoms with Gasteiger partial charge in [-0.05, 0) is 54.6 Å². The Kier molecular flexibility index (Phi) is 5.98. The third kappa shape index (κ3) is 4.55. The molecule has 8 heteroatoms. The first-order chi connectivity index (χ1) is 17.5. The van der Waals surface area contributed by atoms with E-state index in [1.165, 1.54) is 60.7 Å². The molecule has 0 fully saturated rings. The van der Waals surface area contributed by atoms with E-state index in [2.05, 4.69) is 0 Å². The van der Waals surface area contributed by atoms with E-state index in [1.807, 2.05) is 0 Å². The summed E-state index contributed by atoms with van der Waals surface area (Å²) in [5.74, 6) is -3.41. The molecule has 5 rings (SSSR count). The Bertz CT molecular complexity index is 1520. The van der Waals surface area contributed by atoms with E-state index < -0.39 is 23.9 Å². The minimum atomic E-state index is -0.857. The number of ether oxygens (including phenoxy) is 4. The average molecular weight is 480 g/mol. The Morgan fingerprint density at radius 3 is 1.31 bits per heavy atom. The third-order valence-corrected chi connectivity index (χ3v) is 5.21. The van der Waals surface area contributed by atoms with Crippen molar-refractivity contribution in [3.8, 4) is 23.0 Å². The Hall–Kier alpha value is -5.24. The lowest BCUT2D eigenvalue weighted by Crippen LogP contribution is -2.17. The van der Waals surface area contributed by atoms with Gasteiger partial charge in [0.1, 0.15) is 39.7 Å². The number of rotatable bonds is 0. The molecule has 0 aromatic heterocycles. The zero-order valence-electron chi connectivity index (χ0n) is 18.5. The van der Waals surface area contributed by atoms with Gasteiger partial charge in [0.2, 0.25) is 0 Å². The van der Waals surface area contributed by atoms with Gasteiger partial charge in [-0.2, -0.15) is 0 Å². The van der Waals surface area contributed by atoms with Gasteiger partial charge in [-0.1, -0.05) is 42.5 Å². The molecule has 0 N–H and O–H groups in total. The van der Waals surface area contributed by atoms with Gasteiger partial charge in [-0.15, -0.1) is 0 Å². The minimum absolute atomic E-state index is 0.0231. The molecule has 8 nitrogen and oxygen atoms in total. The van der Waals surface area contributed by atoms with Crippen LogP contribution < -0.4 is 18.9 Å². The van der Waals surface area contributed by atoms with Crippen LogP contribution in [-0.2, 0) is 0 Å². The number of benzene rings is 4. The van der Waals surface area contributed by atoms with Crippen LogP contribution in [0.5, 0.6) is 23.0 Å². The molecule has 4 aromatic carbocycles. The first-order valence-corrected chi connectivity index (χ1v) is 10.8. The molecule has 0 aliphatic carbocycles. The number of esters is 4. The predicted octanol–water partition coefficient (Wildman–Crippen LogP) is 4.88. The Morgan fingerprint density at radius 1 is 0.389 bits per heavy atom. The van der Waals surface area contributed by atoms with Crippen LogP contribution in [0.3, 0.4) is 0 Å². The van der Waals surface area contributed by atoms with Crippen LogP contribution >= 0.6 is 0 Å². The monoisotopic (exact) mass is 480 g/mol. The van der Waals surface area contributed by atoms with Gasteiger partial charge in [-0.25, -0.2) is 19.2 Å². The smallest absolute Gasteiger partial charge is 0.347 e. The second-order valence-corrected chi connectivity index (χ2v) is 7.57. The molecule has 1 aliphatic heterocycles. The maximum absolute atomic E-state index is 13.0. The van der Waals surface area contributed by atoms with E-state index in [0.717, 1.165) is 0 Å². The van der Waals surface area contributed by atoms with Crippen molar-refractivity contribution in [1.82, 2.24) is 0 Å². The highest BCUT2D eigenvalue weighted by Crippen LogP contribution is 2.28. The highest BCUT2D eigenvalue weighted by molar-refractivity contribution is 6.01. The fourth-order valence-electron chi connectivity index (χ4n) is 3.49. The summed E-state index contributed by atoms with van der Waals surface area (Å²) in [5, 5.41) is 0. The van der Waals surface area contributed by atoms with E-state index >= 15 is 0 Å². The fourth-order valence-corrected chi connectivity index (χ4v) is 3.49. The molecule has 36 heavy (non-hydrogen) atoms. The molecule has 2 bridgehead atoms. The zero-order valence-corrected chi connectivity index (χ0v) is 18.5. The summed E-state index contributed by atoms with van der Waals surface area (Å²) in [6.45, 7) is 0. The molecule has 0 unspecified atom stereocenters. The van der Waals surface area contributed by atoms with Gasteiger partial charge in [0.25, 0.3) is 0 Å². The maximum Gasteiger partial charge on any atom is 0.347 e. The summed E-state index contributed by atoms with van der Waals surface area (Å²) in [5.41, 5.74) is -0.0337. The minimum Gasteiger partial charge on any atom is -0.423 e. The molecule has 0 atom stereocenters. The quantitative estimate of drug-likeness (QED) is 0.259. The van der Waals surface area contributed by atoms with Crippen molar-refractivity contribution in [1.29, 1.82) is 0 Å². The molecule has 0 saturated carbocycles. The second-order valence-electron chi connectivity index (χ2n) is 7.57. The van der Waals surface area contributed by atoms with Crippen molar-refractivity contribution in [2.75, 3.05) is 0 Å². The molecule has 4 aromatic rings. The number of para-hydroxylation sites is 3. The first kappa shape index (κ1) is 22.5. The fraction of sp³-hybridized carbons (Fsp3) is 0. The van der Waals surface area contributed by atoms with Gasteiger partial charge in [0.05, 0.1) is 5.56 Å². The van der Waals surface area contributed by atoms with Crippen LogP contribution in [0, 0.1) is 0 Å². The van der Waals surface area contributed by atoms with E-state index in [1.54, 1.807) is 36.4 Å². The molecule has 1 aliphatic rings. The van der Waals surface area contributed by atoms with E-state index in [0.29, 0.717) is 0 Å². The van der Waals surface area contributed by atoms with Crippen molar-refractivity contribution >= 4 is 23.9 Å². The van der Waals surface area contributed by atoms with Gasteiger partial charge >= 0.3 is 23.9 Å². The molecule has 1 heterocycles. The van der Waals surface area contributed by atoms with Crippen LogP contribution in [0.4, 0.5) is 0 Å². The van der Waals surface area contributed by atoms with Crippen LogP contribution in [0.25, 0.3) is 0 Å². The average Bonchev–Trinajstić information content (AvgIpc) is 2.89. The summed E-state index contributed by atoms with van der Waals surface area (Å²) in [6.07, 6.45) is 0. The maximum atomic E-state index is 13.0. The summed E-state index contributed by atoms with van der Waals surface area (Å²) in [7, 11) is 0. The Morgan fingerprint density at radius 2 is 0.806 bits per heavy atom. The lowest BCUT2D eigenvalue weighted by atomic mass is 10.1. The SMILES string of the molecule is O=C1Oc2ccccc2C(=O)Oc2ccccc2C(=O)Oc2ccccc2C(=O)Oc2cccc1c2. The normalized spacial score (nSPS) is 13.6. The van der Waals surface area contributed by atoms with Crippen molar-refractivity contribution in [3.63, 3.8) is 0 Å². The summed E-state index contributed by atoms with van der Waals surface area (Å²) in [6, 6.07) is 23.8. The zero-order chi connectivity index (χ0) is 25.1. The molecular weight excluding hydrogens is 464 g/mol. The number of fused-ring (bicyclic) bond motifs is 5. The van der Waals surface area contributed by atoms with Crippen molar-refractivity contribution < 1.29 is 38.1 Å². The van der Waals surface area contributed by atoms with E-state index in [4.69, 9.17) is 18.9 Å². The van der Waals surface area contributed by atoms with Crippen LogP contribution in [-0.4, -0.2) is 23.9 Å². The summed E-state index contributed by atoms with van der Waals surface area (Å²) >= 11 is 0. The molecule has 0 amide bonds. The molecule has 0 radical (unpaired) electrons. The standard InChI is InChI=1S/C28H16O8/c29-25-17-8-7-9-18(16-17)33-26(30)19-10-1-5-14-23(19)35-28(32)21-12-3-6-15-24(21)36-27(31)20-11-2-4-13-22(20)34-25/h1-16H. The third-order valence-electron chi connectivity index (χ3n) is 5.21. The van der Waals surface area contributed by atoms with E-state index in [-0.39, 0.29) is 45.3 Å². The first-order valence-electron chi connectivity index (χ1n) is 10.8. The van der Waals surface area contributed by atoms with E-state index in [9.17, 15) is 19.2 Å². The Balaban J connectivity index is 1.63. The van der Waals surface area contributed by atoms with Crippen LogP contribution in [0.15, 0.2) is 97.1 Å². The van der Waals surface area contributed by atoms with Crippen molar-refractivity contribution in [3.05, 3.63) is 119 Å². The number of carbonyl (C=O) groups is 4. The van der Waals surface area contributed by atoms with Gasteiger partial charge in [-0.3, -0.25) is 0 Å². The molecule has 176 valence electrons. The topological polar surface area (TPSA) is 105 Å². The van der Waals surface area contributed by atoms with Crippen molar-refractivity contribution in [2.24, 2.45) is 0 Å². The lowest BCUT2D eigenvalue weighted by molar-refractivity contribution is 0.0694. The van der Waals surface area contributed by atoms with Gasteiger partial charge in [0, 0.05) is 0 Å². The van der Waals surface area contributed by atoms with Crippen LogP contribution in [0.2, 0.25) is 0 Å². The van der Waals surface area contributed by atoms with Gasteiger partial charge in [0.15, 0.2) is 0 Å². The largest absolute Gasteiger partial charge is 0.423 e. The molecule has 0 saturated heterocycles. The highest BCUT2D eigenvalue weighted by Gasteiger charge is 2.24. The lowest BCUT2D eigenvalue weighted by Gasteiger charge is -2.12. The van der Waals surface area contributed by atoms with Crippen molar-refractivity contribution in [2.45, 2.75) is 0 Å². The van der Waals surface area contributed by atoms with Gasteiger partial charge < -0.3 is 18.9 Å². The summed E-state index contributed by atoms with van der Waals surface area (Å²) < 4.78 is 21.8. The number of carbonyl (C=O) groups excluding carboxylic acids is 4. The van der Waals surface area contributed by atoms with Crippen LogP contribution in [0.1, 0.15) is 41.4 Å². The molecular formula is C28H16O8. The second kappa shape index (κ2) is 9.55. The number of hydrogen-bond acceptors (Lipinski definition) is 8. The Labute approximate surface area is 204 Å². The number of hydrogen-bond donors (Lipinski definition) is 0. The molecule has 0 spiro atoms. The highest BCUT2D eigenvalue weighted by atomic mass is 16.6.